The summed E-state index contributed by atoms with van der Waals surface area (Å²) in [5.74, 6) is 0.0942. The van der Waals surface area contributed by atoms with Crippen molar-refractivity contribution in [3.63, 3.8) is 0 Å². The van der Waals surface area contributed by atoms with Gasteiger partial charge in [0.1, 0.15) is 5.69 Å². The number of aromatic nitrogens is 1. The van der Waals surface area contributed by atoms with Gasteiger partial charge in [-0.15, -0.1) is 0 Å². The fourth-order valence-corrected chi connectivity index (χ4v) is 4.65. The third-order valence-electron chi connectivity index (χ3n) is 5.95. The number of amides is 1. The molecular formula is C23H29N3O3. The molecule has 154 valence electrons. The van der Waals surface area contributed by atoms with Crippen molar-refractivity contribution in [2.45, 2.75) is 38.3 Å². The Hall–Kier alpha value is -2.44. The Balaban J connectivity index is 1.72. The molecule has 6 nitrogen and oxygen atoms in total. The summed E-state index contributed by atoms with van der Waals surface area (Å²) >= 11 is 0. The van der Waals surface area contributed by atoms with Gasteiger partial charge in [-0.3, -0.25) is 9.59 Å². The molecule has 1 fully saturated rings. The molecular weight excluding hydrogens is 366 g/mol. The van der Waals surface area contributed by atoms with Crippen LogP contribution in [0.15, 0.2) is 30.3 Å². The zero-order valence-corrected chi connectivity index (χ0v) is 17.4. The molecule has 1 N–H and O–H groups in total. The Bertz CT molecular complexity index is 904. The molecule has 2 heterocycles. The number of aromatic amines is 1. The van der Waals surface area contributed by atoms with Crippen molar-refractivity contribution in [1.29, 1.82) is 0 Å². The molecule has 4 rings (SSSR count). The van der Waals surface area contributed by atoms with Crippen molar-refractivity contribution in [3.8, 4) is 0 Å². The van der Waals surface area contributed by atoms with Gasteiger partial charge in [0.15, 0.2) is 5.78 Å². The summed E-state index contributed by atoms with van der Waals surface area (Å²) < 4.78 is 6.10. The summed E-state index contributed by atoms with van der Waals surface area (Å²) in [5.41, 5.74) is 4.05. The highest BCUT2D eigenvalue weighted by Crippen LogP contribution is 2.33. The molecule has 1 saturated heterocycles. The van der Waals surface area contributed by atoms with Crippen LogP contribution in [-0.4, -0.2) is 66.4 Å². The van der Waals surface area contributed by atoms with Crippen LogP contribution in [0.25, 0.3) is 0 Å². The van der Waals surface area contributed by atoms with E-state index in [2.05, 4.69) is 22.0 Å². The van der Waals surface area contributed by atoms with Crippen LogP contribution >= 0.6 is 0 Å². The standard InChI is InChI=1S/C23H29N3O3/c1-15-20-17(10-7-11-18(20)27)24-21(15)23(28)26-12-13-29-19(14-25(2)3)22(26)16-8-5-4-6-9-16/h4-6,8-9,19,22,24H,7,10-14H2,1-3H3/t19-,22-/m0/s1. The number of carbonyl (C=O) groups excluding carboxylic acids is 2. The SMILES string of the molecule is Cc1c(C(=O)N2CCO[C@@H](CN(C)C)[C@@H]2c2ccccc2)[nH]c2c1C(=O)CCC2. The number of benzene rings is 1. The third kappa shape index (κ3) is 3.74. The monoisotopic (exact) mass is 395 g/mol. The van der Waals surface area contributed by atoms with Crippen LogP contribution in [0.3, 0.4) is 0 Å². The maximum absolute atomic E-state index is 13.7. The van der Waals surface area contributed by atoms with E-state index < -0.39 is 0 Å². The Labute approximate surface area is 171 Å². The molecule has 1 aromatic carbocycles. The summed E-state index contributed by atoms with van der Waals surface area (Å²) in [7, 11) is 4.03. The highest BCUT2D eigenvalue weighted by atomic mass is 16.5. The number of rotatable bonds is 4. The molecule has 1 aromatic heterocycles. The molecule has 2 aliphatic rings. The first-order valence-electron chi connectivity index (χ1n) is 10.3. The molecule has 0 radical (unpaired) electrons. The maximum Gasteiger partial charge on any atom is 0.271 e. The lowest BCUT2D eigenvalue weighted by atomic mass is 9.93. The van der Waals surface area contributed by atoms with Crippen LogP contribution in [0.5, 0.6) is 0 Å². The normalized spacial score (nSPS) is 22.1. The van der Waals surface area contributed by atoms with Crippen LogP contribution in [0.1, 0.15) is 56.6 Å². The van der Waals surface area contributed by atoms with Crippen LogP contribution in [0.2, 0.25) is 0 Å². The fraction of sp³-hybridized carbons (Fsp3) is 0.478. The van der Waals surface area contributed by atoms with Crippen LogP contribution in [0.4, 0.5) is 0 Å². The summed E-state index contributed by atoms with van der Waals surface area (Å²) in [6, 6.07) is 9.91. The van der Waals surface area contributed by atoms with Gasteiger partial charge in [0.2, 0.25) is 0 Å². The van der Waals surface area contributed by atoms with E-state index in [1.54, 1.807) is 0 Å². The molecule has 0 saturated carbocycles. The maximum atomic E-state index is 13.7. The van der Waals surface area contributed by atoms with E-state index in [-0.39, 0.29) is 23.8 Å². The number of nitrogens with zero attached hydrogens (tertiary/aromatic N) is 2. The zero-order chi connectivity index (χ0) is 20.5. The van der Waals surface area contributed by atoms with Crippen LogP contribution in [-0.2, 0) is 11.2 Å². The average Bonchev–Trinajstić information content (AvgIpc) is 3.05. The Morgan fingerprint density at radius 2 is 2.00 bits per heavy atom. The van der Waals surface area contributed by atoms with E-state index in [0.29, 0.717) is 25.3 Å². The van der Waals surface area contributed by atoms with Gasteiger partial charge >= 0.3 is 0 Å². The number of ether oxygens (including phenoxy) is 1. The van der Waals surface area contributed by atoms with E-state index in [0.717, 1.165) is 41.8 Å². The number of aryl methyl sites for hydroxylation is 1. The van der Waals surface area contributed by atoms with Crippen molar-refractivity contribution in [2.24, 2.45) is 0 Å². The second-order valence-corrected chi connectivity index (χ2v) is 8.28. The van der Waals surface area contributed by atoms with E-state index in [4.69, 9.17) is 4.74 Å². The molecule has 6 heteroatoms. The molecule has 0 spiro atoms. The largest absolute Gasteiger partial charge is 0.373 e. The zero-order valence-electron chi connectivity index (χ0n) is 17.4. The Kier molecular flexibility index (Phi) is 5.56. The third-order valence-corrected chi connectivity index (χ3v) is 5.95. The number of H-pyrrole nitrogens is 1. The Morgan fingerprint density at radius 3 is 2.69 bits per heavy atom. The Morgan fingerprint density at radius 1 is 1.24 bits per heavy atom. The van der Waals surface area contributed by atoms with Crippen molar-refractivity contribution in [3.05, 3.63) is 58.4 Å². The molecule has 1 aliphatic heterocycles. The van der Waals surface area contributed by atoms with Gasteiger partial charge in [-0.25, -0.2) is 0 Å². The smallest absolute Gasteiger partial charge is 0.271 e. The van der Waals surface area contributed by atoms with Crippen molar-refractivity contribution < 1.29 is 14.3 Å². The molecule has 0 unspecified atom stereocenters. The second-order valence-electron chi connectivity index (χ2n) is 8.28. The van der Waals surface area contributed by atoms with Crippen molar-refractivity contribution in [1.82, 2.24) is 14.8 Å². The minimum Gasteiger partial charge on any atom is -0.373 e. The van der Waals surface area contributed by atoms with Gasteiger partial charge in [-0.1, -0.05) is 30.3 Å². The molecule has 2 aromatic rings. The lowest BCUT2D eigenvalue weighted by Crippen LogP contribution is -2.51. The van der Waals surface area contributed by atoms with Crippen molar-refractivity contribution in [2.75, 3.05) is 33.8 Å². The van der Waals surface area contributed by atoms with E-state index >= 15 is 0 Å². The molecule has 1 aliphatic carbocycles. The number of nitrogens with one attached hydrogen (secondary N) is 1. The van der Waals surface area contributed by atoms with Gasteiger partial charge in [0, 0.05) is 30.8 Å². The predicted molar refractivity (Wildman–Crippen MR) is 111 cm³/mol. The van der Waals surface area contributed by atoms with Gasteiger partial charge in [-0.05, 0) is 45.0 Å². The van der Waals surface area contributed by atoms with E-state index in [1.807, 2.05) is 44.1 Å². The quantitative estimate of drug-likeness (QED) is 0.864. The number of carbonyl (C=O) groups is 2. The fourth-order valence-electron chi connectivity index (χ4n) is 4.65. The summed E-state index contributed by atoms with van der Waals surface area (Å²) in [6.45, 7) is 3.65. The van der Waals surface area contributed by atoms with E-state index in [9.17, 15) is 9.59 Å². The van der Waals surface area contributed by atoms with Crippen molar-refractivity contribution >= 4 is 11.7 Å². The topological polar surface area (TPSA) is 65.6 Å². The number of hydrogen-bond donors (Lipinski definition) is 1. The summed E-state index contributed by atoms with van der Waals surface area (Å²) in [4.78, 5) is 33.4. The first kappa shape index (κ1) is 19.9. The highest BCUT2D eigenvalue weighted by molar-refractivity contribution is 6.04. The first-order chi connectivity index (χ1) is 14.0. The number of Topliss-reactive ketones (excluding diaryl/α,β-unsaturated/α-hetero) is 1. The first-order valence-corrected chi connectivity index (χ1v) is 10.3. The second kappa shape index (κ2) is 8.13. The predicted octanol–water partition coefficient (Wildman–Crippen LogP) is 2.99. The minimum atomic E-state index is -0.171. The van der Waals surface area contributed by atoms with Gasteiger partial charge in [-0.2, -0.15) is 0 Å². The lowest BCUT2D eigenvalue weighted by Gasteiger charge is -2.42. The highest BCUT2D eigenvalue weighted by Gasteiger charge is 2.38. The molecule has 1 amide bonds. The molecule has 0 bridgehead atoms. The van der Waals surface area contributed by atoms with Crippen LogP contribution in [0, 0.1) is 6.92 Å². The summed E-state index contributed by atoms with van der Waals surface area (Å²) in [6.07, 6.45) is 2.11. The van der Waals surface area contributed by atoms with E-state index in [1.165, 1.54) is 0 Å². The van der Waals surface area contributed by atoms with Gasteiger partial charge in [0.05, 0.1) is 18.8 Å². The number of likely N-dealkylation sites (N-methyl/N-ethyl adjacent to an activating group) is 1. The van der Waals surface area contributed by atoms with Gasteiger partial charge < -0.3 is 19.5 Å². The number of ketones is 1. The summed E-state index contributed by atoms with van der Waals surface area (Å²) in [5, 5.41) is 0. The number of hydrogen-bond acceptors (Lipinski definition) is 4. The lowest BCUT2D eigenvalue weighted by molar-refractivity contribution is -0.0686. The average molecular weight is 396 g/mol. The number of morpholine rings is 1. The molecule has 29 heavy (non-hydrogen) atoms. The minimum absolute atomic E-state index is 0.0504. The molecule has 2 atom stereocenters. The van der Waals surface area contributed by atoms with Crippen LogP contribution < -0.4 is 0 Å². The number of fused-ring (bicyclic) bond motifs is 1. The van der Waals surface area contributed by atoms with Gasteiger partial charge in [0.25, 0.3) is 5.91 Å².